The molecule has 0 saturated carbocycles. The maximum absolute atomic E-state index is 12.4. The lowest BCUT2D eigenvalue weighted by Gasteiger charge is -2.16. The molecule has 8 heteroatoms. The van der Waals surface area contributed by atoms with E-state index in [4.69, 9.17) is 0 Å². The third-order valence-electron chi connectivity index (χ3n) is 3.90. The molecule has 0 aliphatic heterocycles. The summed E-state index contributed by atoms with van der Waals surface area (Å²) in [6.45, 7) is 5.61. The van der Waals surface area contributed by atoms with Crippen LogP contribution in [0.1, 0.15) is 27.2 Å². The van der Waals surface area contributed by atoms with Gasteiger partial charge in [-0.25, -0.2) is 0 Å². The van der Waals surface area contributed by atoms with Crippen molar-refractivity contribution in [2.45, 2.75) is 33.2 Å². The Balaban J connectivity index is 1.95. The van der Waals surface area contributed by atoms with Crippen molar-refractivity contribution in [2.75, 3.05) is 16.0 Å². The van der Waals surface area contributed by atoms with Crippen LogP contribution in [0.3, 0.4) is 0 Å². The van der Waals surface area contributed by atoms with E-state index in [2.05, 4.69) is 16.0 Å². The molecule has 0 fully saturated rings. The van der Waals surface area contributed by atoms with E-state index < -0.39 is 16.9 Å². The van der Waals surface area contributed by atoms with Crippen molar-refractivity contribution < 1.29 is 14.5 Å². The van der Waals surface area contributed by atoms with Crippen molar-refractivity contribution in [3.8, 4) is 0 Å². The van der Waals surface area contributed by atoms with Crippen LogP contribution in [0.2, 0.25) is 0 Å². The summed E-state index contributed by atoms with van der Waals surface area (Å²) < 4.78 is 0. The largest absolute Gasteiger partial charge is 0.374 e. The lowest BCUT2D eigenvalue weighted by Crippen LogP contribution is -2.32. The Morgan fingerprint density at radius 2 is 1.57 bits per heavy atom. The van der Waals surface area contributed by atoms with Gasteiger partial charge in [-0.3, -0.25) is 19.7 Å². The number of rotatable bonds is 8. The van der Waals surface area contributed by atoms with Gasteiger partial charge < -0.3 is 16.0 Å². The second-order valence-corrected chi connectivity index (χ2v) is 6.85. The van der Waals surface area contributed by atoms with Crippen LogP contribution in [-0.2, 0) is 9.59 Å². The molecule has 0 aliphatic carbocycles. The molecule has 0 heterocycles. The van der Waals surface area contributed by atoms with Crippen LogP contribution in [0.4, 0.5) is 22.7 Å². The Labute approximate surface area is 163 Å². The maximum Gasteiger partial charge on any atom is 0.292 e. The quantitative estimate of drug-likeness (QED) is 0.470. The van der Waals surface area contributed by atoms with Crippen LogP contribution in [-0.4, -0.2) is 22.8 Å². The van der Waals surface area contributed by atoms with Gasteiger partial charge in [0.1, 0.15) is 11.7 Å². The predicted molar refractivity (Wildman–Crippen MR) is 109 cm³/mol. The first kappa shape index (κ1) is 20.9. The summed E-state index contributed by atoms with van der Waals surface area (Å²) in [7, 11) is 0. The van der Waals surface area contributed by atoms with E-state index in [0.29, 0.717) is 17.8 Å². The zero-order chi connectivity index (χ0) is 20.7. The number of nitro groups is 1. The fourth-order valence-corrected chi connectivity index (χ4v) is 2.53. The fraction of sp³-hybridized carbons (Fsp3) is 0.300. The Bertz CT molecular complexity index is 850. The average Bonchev–Trinajstić information content (AvgIpc) is 2.62. The van der Waals surface area contributed by atoms with E-state index in [-0.39, 0.29) is 23.2 Å². The zero-order valence-electron chi connectivity index (χ0n) is 16.1. The summed E-state index contributed by atoms with van der Waals surface area (Å²) in [6, 6.07) is 12.3. The topological polar surface area (TPSA) is 113 Å². The van der Waals surface area contributed by atoms with Gasteiger partial charge in [0.2, 0.25) is 11.8 Å². The summed E-state index contributed by atoms with van der Waals surface area (Å²) in [6.07, 6.45) is 0.447. The van der Waals surface area contributed by atoms with Crippen molar-refractivity contribution in [1.29, 1.82) is 0 Å². The second kappa shape index (κ2) is 9.50. The molecule has 1 atom stereocenters. The molecule has 2 amide bonds. The highest BCUT2D eigenvalue weighted by Crippen LogP contribution is 2.23. The lowest BCUT2D eigenvalue weighted by molar-refractivity contribution is -0.383. The minimum Gasteiger partial charge on any atom is -0.374 e. The van der Waals surface area contributed by atoms with Crippen LogP contribution in [0.15, 0.2) is 48.5 Å². The second-order valence-electron chi connectivity index (χ2n) is 6.85. The molecule has 0 bridgehead atoms. The van der Waals surface area contributed by atoms with Gasteiger partial charge in [-0.05, 0) is 43.2 Å². The van der Waals surface area contributed by atoms with Gasteiger partial charge in [-0.2, -0.15) is 0 Å². The van der Waals surface area contributed by atoms with E-state index in [1.54, 1.807) is 37.3 Å². The summed E-state index contributed by atoms with van der Waals surface area (Å²) in [5, 5.41) is 19.5. The zero-order valence-corrected chi connectivity index (χ0v) is 16.1. The SMILES string of the molecule is CC(C)CC(=O)Nc1ccc(NC(C)C(=O)Nc2ccccc2[N+](=O)[O-])cc1. The minimum absolute atomic E-state index is 0.0482. The molecule has 2 rings (SSSR count). The van der Waals surface area contributed by atoms with Gasteiger partial charge >= 0.3 is 0 Å². The van der Waals surface area contributed by atoms with Crippen molar-refractivity contribution in [3.63, 3.8) is 0 Å². The third kappa shape index (κ3) is 6.08. The Kier molecular flexibility index (Phi) is 7.08. The summed E-state index contributed by atoms with van der Waals surface area (Å²) in [4.78, 5) is 34.6. The molecule has 28 heavy (non-hydrogen) atoms. The molecular weight excluding hydrogens is 360 g/mol. The monoisotopic (exact) mass is 384 g/mol. The lowest BCUT2D eigenvalue weighted by atomic mass is 10.1. The molecule has 2 aromatic carbocycles. The first-order chi connectivity index (χ1) is 13.3. The number of anilines is 3. The smallest absolute Gasteiger partial charge is 0.292 e. The number of hydrogen-bond acceptors (Lipinski definition) is 5. The minimum atomic E-state index is -0.624. The number of benzene rings is 2. The van der Waals surface area contributed by atoms with E-state index in [9.17, 15) is 19.7 Å². The Hall–Kier alpha value is -3.42. The van der Waals surface area contributed by atoms with Crippen molar-refractivity contribution in [1.82, 2.24) is 0 Å². The molecular formula is C20H24N4O4. The van der Waals surface area contributed by atoms with Gasteiger partial charge in [0.25, 0.3) is 5.69 Å². The first-order valence-corrected chi connectivity index (χ1v) is 8.97. The molecule has 0 radical (unpaired) electrons. The third-order valence-corrected chi connectivity index (χ3v) is 3.90. The van der Waals surface area contributed by atoms with E-state index in [1.807, 2.05) is 13.8 Å². The van der Waals surface area contributed by atoms with Gasteiger partial charge in [0.05, 0.1) is 4.92 Å². The average molecular weight is 384 g/mol. The molecule has 0 aliphatic rings. The van der Waals surface area contributed by atoms with E-state index in [1.165, 1.54) is 18.2 Å². The van der Waals surface area contributed by atoms with Gasteiger partial charge in [-0.15, -0.1) is 0 Å². The molecule has 3 N–H and O–H groups in total. The standard InChI is InChI=1S/C20H24N4O4/c1-13(2)12-19(25)22-16-10-8-15(9-11-16)21-14(3)20(26)23-17-6-4-5-7-18(17)24(27)28/h4-11,13-14,21H,12H2,1-3H3,(H,22,25)(H,23,26). The van der Waals surface area contributed by atoms with Gasteiger partial charge in [-0.1, -0.05) is 26.0 Å². The van der Waals surface area contributed by atoms with Crippen molar-refractivity contribution in [2.24, 2.45) is 5.92 Å². The Morgan fingerprint density at radius 3 is 2.18 bits per heavy atom. The number of nitro benzene ring substituents is 1. The molecule has 0 spiro atoms. The summed E-state index contributed by atoms with van der Waals surface area (Å²) >= 11 is 0. The number of nitrogens with zero attached hydrogens (tertiary/aromatic N) is 1. The highest BCUT2D eigenvalue weighted by atomic mass is 16.6. The first-order valence-electron chi connectivity index (χ1n) is 8.97. The van der Waals surface area contributed by atoms with Gasteiger partial charge in [0, 0.05) is 23.9 Å². The molecule has 1 unspecified atom stereocenters. The van der Waals surface area contributed by atoms with Crippen LogP contribution < -0.4 is 16.0 Å². The van der Waals surface area contributed by atoms with E-state index in [0.717, 1.165) is 0 Å². The van der Waals surface area contributed by atoms with Gasteiger partial charge in [0.15, 0.2) is 0 Å². The normalized spacial score (nSPS) is 11.6. The van der Waals surface area contributed by atoms with Crippen LogP contribution in [0.5, 0.6) is 0 Å². The predicted octanol–water partition coefficient (Wildman–Crippen LogP) is 4.02. The highest BCUT2D eigenvalue weighted by Gasteiger charge is 2.18. The number of para-hydroxylation sites is 2. The Morgan fingerprint density at radius 1 is 0.964 bits per heavy atom. The molecule has 8 nitrogen and oxygen atoms in total. The summed E-state index contributed by atoms with van der Waals surface area (Å²) in [5.41, 5.74) is 1.35. The summed E-state index contributed by atoms with van der Waals surface area (Å²) in [5.74, 6) is -0.169. The molecule has 148 valence electrons. The number of carbonyl (C=O) groups excluding carboxylic acids is 2. The number of nitrogens with one attached hydrogen (secondary N) is 3. The molecule has 0 aromatic heterocycles. The van der Waals surface area contributed by atoms with Crippen LogP contribution in [0.25, 0.3) is 0 Å². The van der Waals surface area contributed by atoms with Crippen molar-refractivity contribution in [3.05, 3.63) is 58.6 Å². The number of hydrogen-bond donors (Lipinski definition) is 3. The van der Waals surface area contributed by atoms with E-state index >= 15 is 0 Å². The number of amides is 2. The van der Waals surface area contributed by atoms with Crippen molar-refractivity contribution >= 4 is 34.6 Å². The molecule has 2 aromatic rings. The van der Waals surface area contributed by atoms with Crippen LogP contribution in [0, 0.1) is 16.0 Å². The van der Waals surface area contributed by atoms with Crippen LogP contribution >= 0.6 is 0 Å². The maximum atomic E-state index is 12.4. The molecule has 0 saturated heterocycles. The number of carbonyl (C=O) groups is 2. The highest BCUT2D eigenvalue weighted by molar-refractivity contribution is 5.98. The fourth-order valence-electron chi connectivity index (χ4n) is 2.53.